The molecule has 1 aromatic rings. The third-order valence-electron chi connectivity index (χ3n) is 1.65. The molecule has 0 amide bonds. The Bertz CT molecular complexity index is 339. The SMILES string of the molecule is CC(C)(C)C(=O)Oc1ccccc1I. The molecule has 1 rings (SSSR count). The van der Waals surface area contributed by atoms with E-state index in [1.807, 2.05) is 39.0 Å². The molecule has 2 nitrogen and oxygen atoms in total. The highest BCUT2D eigenvalue weighted by molar-refractivity contribution is 14.1. The Morgan fingerprint density at radius 1 is 1.29 bits per heavy atom. The van der Waals surface area contributed by atoms with E-state index in [9.17, 15) is 4.79 Å². The molecule has 3 heteroatoms. The van der Waals surface area contributed by atoms with Crippen LogP contribution in [0.3, 0.4) is 0 Å². The molecule has 76 valence electrons. The number of carbonyl (C=O) groups is 1. The third-order valence-corrected chi connectivity index (χ3v) is 2.54. The van der Waals surface area contributed by atoms with Crippen molar-refractivity contribution in [3.63, 3.8) is 0 Å². The number of carbonyl (C=O) groups excluding carboxylic acids is 1. The Kier molecular flexibility index (Phi) is 3.53. The van der Waals surface area contributed by atoms with E-state index in [2.05, 4.69) is 22.6 Å². The van der Waals surface area contributed by atoms with Crippen molar-refractivity contribution in [1.29, 1.82) is 0 Å². The van der Waals surface area contributed by atoms with E-state index in [1.165, 1.54) is 0 Å². The van der Waals surface area contributed by atoms with E-state index in [1.54, 1.807) is 6.07 Å². The van der Waals surface area contributed by atoms with E-state index >= 15 is 0 Å². The van der Waals surface area contributed by atoms with Gasteiger partial charge in [0.25, 0.3) is 0 Å². The Morgan fingerprint density at radius 3 is 2.36 bits per heavy atom. The summed E-state index contributed by atoms with van der Waals surface area (Å²) < 4.78 is 6.21. The minimum Gasteiger partial charge on any atom is -0.425 e. The molecule has 0 aliphatic carbocycles. The lowest BCUT2D eigenvalue weighted by atomic mass is 9.97. The molecule has 14 heavy (non-hydrogen) atoms. The van der Waals surface area contributed by atoms with Crippen LogP contribution in [0.1, 0.15) is 20.8 Å². The minimum atomic E-state index is -0.459. The maximum Gasteiger partial charge on any atom is 0.316 e. The van der Waals surface area contributed by atoms with Crippen molar-refractivity contribution < 1.29 is 9.53 Å². The largest absolute Gasteiger partial charge is 0.425 e. The fourth-order valence-electron chi connectivity index (χ4n) is 0.780. The number of esters is 1. The Hall–Kier alpha value is -0.580. The highest BCUT2D eigenvalue weighted by atomic mass is 127. The Labute approximate surface area is 97.8 Å². The minimum absolute atomic E-state index is 0.207. The molecular formula is C11H13IO2. The van der Waals surface area contributed by atoms with Gasteiger partial charge in [0.1, 0.15) is 5.75 Å². The number of ether oxygens (including phenoxy) is 1. The zero-order valence-corrected chi connectivity index (χ0v) is 10.7. The summed E-state index contributed by atoms with van der Waals surface area (Å²) in [6, 6.07) is 7.47. The summed E-state index contributed by atoms with van der Waals surface area (Å²) >= 11 is 2.14. The van der Waals surface area contributed by atoms with E-state index in [0.717, 1.165) is 3.57 Å². The maximum absolute atomic E-state index is 11.6. The van der Waals surface area contributed by atoms with Gasteiger partial charge in [-0.25, -0.2) is 0 Å². The van der Waals surface area contributed by atoms with Crippen LogP contribution in [-0.2, 0) is 4.79 Å². The fraction of sp³-hybridized carbons (Fsp3) is 0.364. The van der Waals surface area contributed by atoms with Gasteiger partial charge in [-0.3, -0.25) is 4.79 Å². The quantitative estimate of drug-likeness (QED) is 0.452. The molecule has 0 N–H and O–H groups in total. The molecular weight excluding hydrogens is 291 g/mol. The zero-order valence-electron chi connectivity index (χ0n) is 8.50. The summed E-state index contributed by atoms with van der Waals surface area (Å²) in [6.45, 7) is 5.52. The third kappa shape index (κ3) is 2.97. The lowest BCUT2D eigenvalue weighted by Crippen LogP contribution is -2.25. The van der Waals surface area contributed by atoms with Crippen LogP contribution >= 0.6 is 22.6 Å². The highest BCUT2D eigenvalue weighted by Gasteiger charge is 2.24. The lowest BCUT2D eigenvalue weighted by molar-refractivity contribution is -0.143. The maximum atomic E-state index is 11.6. The van der Waals surface area contributed by atoms with Gasteiger partial charge >= 0.3 is 5.97 Å². The molecule has 0 bridgehead atoms. The van der Waals surface area contributed by atoms with Crippen molar-refractivity contribution in [1.82, 2.24) is 0 Å². The summed E-state index contributed by atoms with van der Waals surface area (Å²) in [7, 11) is 0. The predicted molar refractivity (Wildman–Crippen MR) is 64.2 cm³/mol. The van der Waals surface area contributed by atoms with Gasteiger partial charge in [0.15, 0.2) is 0 Å². The van der Waals surface area contributed by atoms with Crippen LogP contribution in [0.25, 0.3) is 0 Å². The number of hydrogen-bond donors (Lipinski definition) is 0. The van der Waals surface area contributed by atoms with Crippen LogP contribution in [0.15, 0.2) is 24.3 Å². The molecule has 0 unspecified atom stereocenters. The Balaban J connectivity index is 2.80. The molecule has 0 heterocycles. The summed E-state index contributed by atoms with van der Waals surface area (Å²) in [5.74, 6) is 0.426. The van der Waals surface area contributed by atoms with E-state index in [0.29, 0.717) is 5.75 Å². The number of rotatable bonds is 1. The van der Waals surface area contributed by atoms with Crippen molar-refractivity contribution >= 4 is 28.6 Å². The van der Waals surface area contributed by atoms with Crippen molar-refractivity contribution in [2.45, 2.75) is 20.8 Å². The zero-order chi connectivity index (χ0) is 10.8. The van der Waals surface area contributed by atoms with Gasteiger partial charge in [-0.05, 0) is 55.5 Å². The van der Waals surface area contributed by atoms with Gasteiger partial charge < -0.3 is 4.74 Å². The standard InChI is InChI=1S/C11H13IO2/c1-11(2,3)10(13)14-9-7-5-4-6-8(9)12/h4-7H,1-3H3. The van der Waals surface area contributed by atoms with Crippen molar-refractivity contribution in [2.24, 2.45) is 5.41 Å². The summed E-state index contributed by atoms with van der Waals surface area (Å²) in [4.78, 5) is 11.6. The van der Waals surface area contributed by atoms with Gasteiger partial charge in [-0.2, -0.15) is 0 Å². The molecule has 1 aromatic carbocycles. The van der Waals surface area contributed by atoms with Gasteiger partial charge in [0.05, 0.1) is 8.99 Å². The normalized spacial score (nSPS) is 11.1. The topological polar surface area (TPSA) is 26.3 Å². The lowest BCUT2D eigenvalue weighted by Gasteiger charge is -2.16. The number of hydrogen-bond acceptors (Lipinski definition) is 2. The number of halogens is 1. The van der Waals surface area contributed by atoms with Crippen LogP contribution < -0.4 is 4.74 Å². The molecule has 0 saturated heterocycles. The Morgan fingerprint density at radius 2 is 1.86 bits per heavy atom. The van der Waals surface area contributed by atoms with Crippen LogP contribution in [0.4, 0.5) is 0 Å². The van der Waals surface area contributed by atoms with Crippen molar-refractivity contribution in [2.75, 3.05) is 0 Å². The van der Waals surface area contributed by atoms with Gasteiger partial charge in [-0.1, -0.05) is 12.1 Å². The predicted octanol–water partition coefficient (Wildman–Crippen LogP) is 3.24. The molecule has 0 aliphatic heterocycles. The summed E-state index contributed by atoms with van der Waals surface area (Å²) in [5, 5.41) is 0. The molecule has 0 fully saturated rings. The van der Waals surface area contributed by atoms with Crippen LogP contribution in [0.5, 0.6) is 5.75 Å². The molecule has 0 aromatic heterocycles. The fourth-order valence-corrected chi connectivity index (χ4v) is 1.28. The van der Waals surface area contributed by atoms with E-state index in [-0.39, 0.29) is 5.97 Å². The molecule has 0 spiro atoms. The monoisotopic (exact) mass is 304 g/mol. The van der Waals surface area contributed by atoms with E-state index in [4.69, 9.17) is 4.74 Å². The van der Waals surface area contributed by atoms with Crippen molar-refractivity contribution in [3.8, 4) is 5.75 Å². The van der Waals surface area contributed by atoms with Gasteiger partial charge in [0.2, 0.25) is 0 Å². The van der Waals surface area contributed by atoms with Crippen LogP contribution in [0, 0.1) is 8.99 Å². The first-order valence-electron chi connectivity index (χ1n) is 4.38. The number of para-hydroxylation sites is 1. The molecule has 0 saturated carbocycles. The first kappa shape index (κ1) is 11.5. The highest BCUT2D eigenvalue weighted by Crippen LogP contribution is 2.23. The van der Waals surface area contributed by atoms with Crippen LogP contribution in [0.2, 0.25) is 0 Å². The summed E-state index contributed by atoms with van der Waals surface area (Å²) in [6.07, 6.45) is 0. The summed E-state index contributed by atoms with van der Waals surface area (Å²) in [5.41, 5.74) is -0.459. The number of benzene rings is 1. The average molecular weight is 304 g/mol. The smallest absolute Gasteiger partial charge is 0.316 e. The first-order valence-corrected chi connectivity index (χ1v) is 5.46. The second-order valence-corrected chi connectivity index (χ2v) is 5.23. The van der Waals surface area contributed by atoms with Gasteiger partial charge in [-0.15, -0.1) is 0 Å². The van der Waals surface area contributed by atoms with Crippen LogP contribution in [-0.4, -0.2) is 5.97 Å². The van der Waals surface area contributed by atoms with E-state index < -0.39 is 5.41 Å². The first-order chi connectivity index (χ1) is 6.41. The van der Waals surface area contributed by atoms with Gasteiger partial charge in [0, 0.05) is 0 Å². The average Bonchev–Trinajstić information content (AvgIpc) is 2.07. The molecule has 0 aliphatic rings. The second kappa shape index (κ2) is 4.29. The second-order valence-electron chi connectivity index (χ2n) is 4.07. The van der Waals surface area contributed by atoms with Crippen molar-refractivity contribution in [3.05, 3.63) is 27.8 Å². The molecule has 0 atom stereocenters. The molecule has 0 radical (unpaired) electrons.